The van der Waals surface area contributed by atoms with E-state index in [4.69, 9.17) is 4.74 Å². The largest absolute Gasteiger partial charge is 0.508 e. The third kappa shape index (κ3) is 3.37. The number of aromatic hydroxyl groups is 1. The summed E-state index contributed by atoms with van der Waals surface area (Å²) in [5.41, 5.74) is 0.898. The molecule has 0 aliphatic heterocycles. The Morgan fingerprint density at radius 1 is 1.47 bits per heavy atom. The van der Waals surface area contributed by atoms with Gasteiger partial charge in [-0.3, -0.25) is 4.79 Å². The number of hydrogen-bond acceptors (Lipinski definition) is 3. The Hall–Kier alpha value is -1.71. The van der Waals surface area contributed by atoms with Gasteiger partial charge in [-0.25, -0.2) is 0 Å². The van der Waals surface area contributed by atoms with E-state index < -0.39 is 6.10 Å². The molecule has 0 radical (unpaired) electrons. The zero-order valence-corrected chi connectivity index (χ0v) is 10.1. The van der Waals surface area contributed by atoms with Crippen molar-refractivity contribution in [3.05, 3.63) is 23.8 Å². The SMILES string of the molecule is Cc1cc(O)cc(OC(C)C(=O)NC2CC2)c1. The minimum absolute atomic E-state index is 0.103. The molecule has 1 aromatic rings. The van der Waals surface area contributed by atoms with Gasteiger partial charge in [0.15, 0.2) is 6.10 Å². The molecule has 1 unspecified atom stereocenters. The molecule has 2 rings (SSSR count). The summed E-state index contributed by atoms with van der Waals surface area (Å²) in [6.45, 7) is 3.57. The van der Waals surface area contributed by atoms with Crippen molar-refractivity contribution in [3.63, 3.8) is 0 Å². The Labute approximate surface area is 101 Å². The van der Waals surface area contributed by atoms with E-state index in [-0.39, 0.29) is 11.7 Å². The minimum Gasteiger partial charge on any atom is -0.508 e. The molecule has 1 saturated carbocycles. The van der Waals surface area contributed by atoms with Crippen molar-refractivity contribution in [1.29, 1.82) is 0 Å². The molecule has 0 saturated heterocycles. The van der Waals surface area contributed by atoms with Crippen LogP contribution in [0.3, 0.4) is 0 Å². The highest BCUT2D eigenvalue weighted by Crippen LogP contribution is 2.23. The van der Waals surface area contributed by atoms with Crippen molar-refractivity contribution < 1.29 is 14.6 Å². The highest BCUT2D eigenvalue weighted by atomic mass is 16.5. The van der Waals surface area contributed by atoms with E-state index in [9.17, 15) is 9.90 Å². The Morgan fingerprint density at radius 2 is 2.18 bits per heavy atom. The summed E-state index contributed by atoms with van der Waals surface area (Å²) in [4.78, 5) is 11.7. The summed E-state index contributed by atoms with van der Waals surface area (Å²) in [6.07, 6.45) is 1.57. The molecule has 4 heteroatoms. The highest BCUT2D eigenvalue weighted by molar-refractivity contribution is 5.81. The number of phenols is 1. The first-order chi connectivity index (χ1) is 8.04. The lowest BCUT2D eigenvalue weighted by molar-refractivity contribution is -0.127. The lowest BCUT2D eigenvalue weighted by atomic mass is 10.2. The molecule has 0 bridgehead atoms. The van der Waals surface area contributed by atoms with Crippen LogP contribution in [0.2, 0.25) is 0 Å². The number of ether oxygens (including phenoxy) is 1. The van der Waals surface area contributed by atoms with Crippen LogP contribution in [0.25, 0.3) is 0 Å². The predicted octanol–water partition coefficient (Wildman–Crippen LogP) is 1.75. The number of aryl methyl sites for hydroxylation is 1. The average molecular weight is 235 g/mol. The molecule has 92 valence electrons. The Balaban J connectivity index is 1.96. The Morgan fingerprint density at radius 3 is 2.76 bits per heavy atom. The second kappa shape index (κ2) is 4.65. The van der Waals surface area contributed by atoms with Gasteiger partial charge in [-0.2, -0.15) is 0 Å². The van der Waals surface area contributed by atoms with Gasteiger partial charge in [0.1, 0.15) is 11.5 Å². The summed E-state index contributed by atoms with van der Waals surface area (Å²) < 4.78 is 5.49. The van der Waals surface area contributed by atoms with Crippen LogP contribution in [0.15, 0.2) is 18.2 Å². The van der Waals surface area contributed by atoms with Crippen molar-refractivity contribution in [2.75, 3.05) is 0 Å². The van der Waals surface area contributed by atoms with Crippen LogP contribution in [0, 0.1) is 6.92 Å². The lowest BCUT2D eigenvalue weighted by Gasteiger charge is -2.15. The number of benzene rings is 1. The van der Waals surface area contributed by atoms with E-state index in [2.05, 4.69) is 5.32 Å². The molecule has 0 aromatic heterocycles. The standard InChI is InChI=1S/C13H17NO3/c1-8-5-11(15)7-12(6-8)17-9(2)13(16)14-10-3-4-10/h5-7,9-10,15H,3-4H2,1-2H3,(H,14,16). The fourth-order valence-corrected chi connectivity index (χ4v) is 1.60. The molecule has 4 nitrogen and oxygen atoms in total. The zero-order chi connectivity index (χ0) is 12.4. The average Bonchev–Trinajstić information content (AvgIpc) is 2.99. The van der Waals surface area contributed by atoms with Gasteiger partial charge in [-0.15, -0.1) is 0 Å². The monoisotopic (exact) mass is 235 g/mol. The molecule has 1 aliphatic rings. The molecule has 1 fully saturated rings. The van der Waals surface area contributed by atoms with Gasteiger partial charge in [0, 0.05) is 12.1 Å². The number of nitrogens with one attached hydrogen (secondary N) is 1. The van der Waals surface area contributed by atoms with E-state index in [0.29, 0.717) is 11.8 Å². The summed E-state index contributed by atoms with van der Waals surface area (Å²) in [5.74, 6) is 0.559. The molecule has 1 atom stereocenters. The van der Waals surface area contributed by atoms with Crippen LogP contribution in [-0.4, -0.2) is 23.2 Å². The maximum absolute atomic E-state index is 11.7. The quantitative estimate of drug-likeness (QED) is 0.835. The first-order valence-corrected chi connectivity index (χ1v) is 5.82. The fraction of sp³-hybridized carbons (Fsp3) is 0.462. The molecular weight excluding hydrogens is 218 g/mol. The molecule has 1 aromatic carbocycles. The topological polar surface area (TPSA) is 58.6 Å². The fourth-order valence-electron chi connectivity index (χ4n) is 1.60. The Kier molecular flexibility index (Phi) is 3.22. The molecule has 0 spiro atoms. The predicted molar refractivity (Wildman–Crippen MR) is 64.1 cm³/mol. The number of amides is 1. The van der Waals surface area contributed by atoms with Gasteiger partial charge in [0.05, 0.1) is 0 Å². The molecule has 1 amide bonds. The third-order valence-corrected chi connectivity index (χ3v) is 2.64. The second-order valence-electron chi connectivity index (χ2n) is 4.55. The summed E-state index contributed by atoms with van der Waals surface area (Å²) in [6, 6.07) is 5.27. The maximum Gasteiger partial charge on any atom is 0.260 e. The van der Waals surface area contributed by atoms with Gasteiger partial charge >= 0.3 is 0 Å². The highest BCUT2D eigenvalue weighted by Gasteiger charge is 2.26. The first-order valence-electron chi connectivity index (χ1n) is 5.82. The smallest absolute Gasteiger partial charge is 0.260 e. The summed E-state index contributed by atoms with van der Waals surface area (Å²) >= 11 is 0. The van der Waals surface area contributed by atoms with Gasteiger partial charge in [0.25, 0.3) is 5.91 Å². The van der Waals surface area contributed by atoms with Crippen LogP contribution in [0.5, 0.6) is 11.5 Å². The van der Waals surface area contributed by atoms with Crippen molar-refractivity contribution in [2.45, 2.75) is 38.8 Å². The van der Waals surface area contributed by atoms with Gasteiger partial charge in [-0.1, -0.05) is 0 Å². The van der Waals surface area contributed by atoms with E-state index in [1.807, 2.05) is 6.92 Å². The normalized spacial score (nSPS) is 16.4. The first kappa shape index (κ1) is 11.8. The molecular formula is C13H17NO3. The number of rotatable bonds is 4. The maximum atomic E-state index is 11.7. The summed E-state index contributed by atoms with van der Waals surface area (Å²) in [7, 11) is 0. The van der Waals surface area contributed by atoms with E-state index in [1.165, 1.54) is 6.07 Å². The summed E-state index contributed by atoms with van der Waals surface area (Å²) in [5, 5.41) is 12.3. The van der Waals surface area contributed by atoms with Crippen LogP contribution < -0.4 is 10.1 Å². The minimum atomic E-state index is -0.545. The second-order valence-corrected chi connectivity index (χ2v) is 4.55. The van der Waals surface area contributed by atoms with E-state index in [0.717, 1.165) is 18.4 Å². The van der Waals surface area contributed by atoms with Gasteiger partial charge < -0.3 is 15.2 Å². The van der Waals surface area contributed by atoms with Crippen molar-refractivity contribution in [1.82, 2.24) is 5.32 Å². The molecule has 2 N–H and O–H groups in total. The van der Waals surface area contributed by atoms with Crippen LogP contribution in [-0.2, 0) is 4.79 Å². The van der Waals surface area contributed by atoms with Crippen LogP contribution in [0.1, 0.15) is 25.3 Å². The third-order valence-electron chi connectivity index (χ3n) is 2.64. The van der Waals surface area contributed by atoms with Crippen molar-refractivity contribution >= 4 is 5.91 Å². The number of carbonyl (C=O) groups excluding carboxylic acids is 1. The van der Waals surface area contributed by atoms with E-state index >= 15 is 0 Å². The number of phenolic OH excluding ortho intramolecular Hbond substituents is 1. The van der Waals surface area contributed by atoms with Gasteiger partial charge in [-0.05, 0) is 44.4 Å². The number of carbonyl (C=O) groups is 1. The zero-order valence-electron chi connectivity index (χ0n) is 10.1. The van der Waals surface area contributed by atoms with Gasteiger partial charge in [0.2, 0.25) is 0 Å². The molecule has 0 heterocycles. The molecule has 1 aliphatic carbocycles. The van der Waals surface area contributed by atoms with Crippen molar-refractivity contribution in [2.24, 2.45) is 0 Å². The van der Waals surface area contributed by atoms with Crippen LogP contribution in [0.4, 0.5) is 0 Å². The lowest BCUT2D eigenvalue weighted by Crippen LogP contribution is -2.37. The van der Waals surface area contributed by atoms with Crippen molar-refractivity contribution in [3.8, 4) is 11.5 Å². The van der Waals surface area contributed by atoms with Crippen LogP contribution >= 0.6 is 0 Å². The molecule has 17 heavy (non-hydrogen) atoms. The number of hydrogen-bond donors (Lipinski definition) is 2. The van der Waals surface area contributed by atoms with E-state index in [1.54, 1.807) is 19.1 Å². The Bertz CT molecular complexity index is 406.